The molecule has 1 aliphatic heterocycles. The van der Waals surface area contributed by atoms with Crippen LogP contribution < -0.4 is 10.1 Å². The summed E-state index contributed by atoms with van der Waals surface area (Å²) in [4.78, 5) is 27.3. The SMILES string of the molecule is O=C(CCCOc1ccccc1)NC1CCN(C(=O)c2ccccc2S)CC1. The number of hydrogen-bond acceptors (Lipinski definition) is 4. The van der Waals surface area contributed by atoms with Gasteiger partial charge in [-0.15, -0.1) is 12.6 Å². The van der Waals surface area contributed by atoms with Gasteiger partial charge in [-0.2, -0.15) is 0 Å². The van der Waals surface area contributed by atoms with Gasteiger partial charge in [0.1, 0.15) is 5.75 Å². The Morgan fingerprint density at radius 1 is 1.04 bits per heavy atom. The number of carbonyl (C=O) groups is 2. The molecule has 28 heavy (non-hydrogen) atoms. The molecule has 5 nitrogen and oxygen atoms in total. The number of amides is 2. The molecule has 0 saturated carbocycles. The molecule has 0 bridgehead atoms. The molecule has 2 amide bonds. The molecule has 1 N–H and O–H groups in total. The van der Waals surface area contributed by atoms with Crippen LogP contribution >= 0.6 is 12.6 Å². The number of benzene rings is 2. The first-order valence-corrected chi connectivity index (χ1v) is 10.1. The van der Waals surface area contributed by atoms with Crippen LogP contribution in [-0.2, 0) is 4.79 Å². The van der Waals surface area contributed by atoms with Gasteiger partial charge in [0.05, 0.1) is 12.2 Å². The maximum Gasteiger partial charge on any atom is 0.254 e. The minimum atomic E-state index is 0.00781. The van der Waals surface area contributed by atoms with Crippen molar-refractivity contribution in [2.75, 3.05) is 19.7 Å². The summed E-state index contributed by atoms with van der Waals surface area (Å²) in [5.41, 5.74) is 0.631. The van der Waals surface area contributed by atoms with Crippen molar-refractivity contribution in [2.24, 2.45) is 0 Å². The van der Waals surface area contributed by atoms with Gasteiger partial charge >= 0.3 is 0 Å². The molecule has 1 heterocycles. The number of carbonyl (C=O) groups excluding carboxylic acids is 2. The van der Waals surface area contributed by atoms with Gasteiger partial charge in [-0.3, -0.25) is 9.59 Å². The minimum absolute atomic E-state index is 0.00781. The zero-order valence-corrected chi connectivity index (χ0v) is 16.7. The van der Waals surface area contributed by atoms with E-state index in [1.54, 1.807) is 6.07 Å². The molecular formula is C22H26N2O3S. The van der Waals surface area contributed by atoms with E-state index in [4.69, 9.17) is 4.74 Å². The second-order valence-corrected chi connectivity index (χ2v) is 7.40. The number of likely N-dealkylation sites (tertiary alicyclic amines) is 1. The van der Waals surface area contributed by atoms with Crippen molar-refractivity contribution in [3.05, 3.63) is 60.2 Å². The summed E-state index contributed by atoms with van der Waals surface area (Å²) in [6.07, 6.45) is 2.66. The fourth-order valence-corrected chi connectivity index (χ4v) is 3.55. The normalized spacial score (nSPS) is 14.5. The number of nitrogens with zero attached hydrogens (tertiary/aromatic N) is 1. The Kier molecular flexibility index (Phi) is 7.37. The number of hydrogen-bond donors (Lipinski definition) is 2. The quantitative estimate of drug-likeness (QED) is 0.554. The molecule has 1 saturated heterocycles. The zero-order chi connectivity index (χ0) is 19.8. The van der Waals surface area contributed by atoms with Gasteiger partial charge in [-0.25, -0.2) is 0 Å². The molecule has 3 rings (SSSR count). The van der Waals surface area contributed by atoms with Gasteiger partial charge in [0, 0.05) is 30.4 Å². The second-order valence-electron chi connectivity index (χ2n) is 6.92. The van der Waals surface area contributed by atoms with E-state index in [0.29, 0.717) is 43.0 Å². The summed E-state index contributed by atoms with van der Waals surface area (Å²) in [5.74, 6) is 0.873. The summed E-state index contributed by atoms with van der Waals surface area (Å²) in [6, 6.07) is 17.1. The molecule has 0 aliphatic carbocycles. The van der Waals surface area contributed by atoms with E-state index in [2.05, 4.69) is 17.9 Å². The molecule has 1 fully saturated rings. The average molecular weight is 399 g/mol. The third-order valence-corrected chi connectivity index (χ3v) is 5.23. The van der Waals surface area contributed by atoms with Crippen molar-refractivity contribution in [3.63, 3.8) is 0 Å². The predicted octanol–water partition coefficient (Wildman–Crippen LogP) is 3.56. The van der Waals surface area contributed by atoms with Crippen molar-refractivity contribution in [1.29, 1.82) is 0 Å². The van der Waals surface area contributed by atoms with Crippen LogP contribution in [0.4, 0.5) is 0 Å². The van der Waals surface area contributed by atoms with E-state index >= 15 is 0 Å². The highest BCUT2D eigenvalue weighted by atomic mass is 32.1. The van der Waals surface area contributed by atoms with Crippen LogP contribution in [0.15, 0.2) is 59.5 Å². The van der Waals surface area contributed by atoms with Crippen molar-refractivity contribution in [1.82, 2.24) is 10.2 Å². The Labute approximate surface area is 171 Å². The summed E-state index contributed by atoms with van der Waals surface area (Å²) in [5, 5.41) is 3.08. The lowest BCUT2D eigenvalue weighted by atomic mass is 10.0. The van der Waals surface area contributed by atoms with E-state index in [1.807, 2.05) is 53.4 Å². The van der Waals surface area contributed by atoms with Gasteiger partial charge in [-0.05, 0) is 43.5 Å². The maximum absolute atomic E-state index is 12.6. The van der Waals surface area contributed by atoms with Crippen LogP contribution in [0.25, 0.3) is 0 Å². The lowest BCUT2D eigenvalue weighted by Gasteiger charge is -2.32. The van der Waals surface area contributed by atoms with Gasteiger partial charge in [0.2, 0.25) is 5.91 Å². The fraction of sp³-hybridized carbons (Fsp3) is 0.364. The highest BCUT2D eigenvalue weighted by Gasteiger charge is 2.25. The molecule has 148 valence electrons. The topological polar surface area (TPSA) is 58.6 Å². The van der Waals surface area contributed by atoms with Gasteiger partial charge in [0.25, 0.3) is 5.91 Å². The summed E-state index contributed by atoms with van der Waals surface area (Å²) >= 11 is 4.37. The van der Waals surface area contributed by atoms with Crippen LogP contribution in [0.5, 0.6) is 5.75 Å². The van der Waals surface area contributed by atoms with Crippen LogP contribution in [0.3, 0.4) is 0 Å². The Morgan fingerprint density at radius 3 is 2.43 bits per heavy atom. The smallest absolute Gasteiger partial charge is 0.254 e. The summed E-state index contributed by atoms with van der Waals surface area (Å²) < 4.78 is 5.61. The highest BCUT2D eigenvalue weighted by molar-refractivity contribution is 7.80. The average Bonchev–Trinajstić information content (AvgIpc) is 2.72. The molecule has 0 radical (unpaired) electrons. The molecule has 0 aromatic heterocycles. The molecule has 2 aromatic carbocycles. The van der Waals surface area contributed by atoms with Gasteiger partial charge in [-0.1, -0.05) is 30.3 Å². The summed E-state index contributed by atoms with van der Waals surface area (Å²) in [7, 11) is 0. The number of nitrogens with one attached hydrogen (secondary N) is 1. The highest BCUT2D eigenvalue weighted by Crippen LogP contribution is 2.19. The number of para-hydroxylation sites is 1. The first-order valence-electron chi connectivity index (χ1n) is 9.68. The van der Waals surface area contributed by atoms with E-state index in [9.17, 15) is 9.59 Å². The monoisotopic (exact) mass is 398 g/mol. The number of ether oxygens (including phenoxy) is 1. The molecule has 0 atom stereocenters. The fourth-order valence-electron chi connectivity index (χ4n) is 3.29. The number of piperidine rings is 1. The van der Waals surface area contributed by atoms with Crippen molar-refractivity contribution >= 4 is 24.4 Å². The minimum Gasteiger partial charge on any atom is -0.494 e. The lowest BCUT2D eigenvalue weighted by molar-refractivity contribution is -0.122. The molecule has 0 unspecified atom stereocenters. The van der Waals surface area contributed by atoms with E-state index in [0.717, 1.165) is 18.6 Å². The third-order valence-electron chi connectivity index (χ3n) is 4.84. The second kappa shape index (κ2) is 10.2. The van der Waals surface area contributed by atoms with E-state index < -0.39 is 0 Å². The Hall–Kier alpha value is -2.47. The largest absolute Gasteiger partial charge is 0.494 e. The van der Waals surface area contributed by atoms with Gasteiger partial charge < -0.3 is 15.0 Å². The van der Waals surface area contributed by atoms with Crippen LogP contribution in [0.2, 0.25) is 0 Å². The van der Waals surface area contributed by atoms with Crippen LogP contribution in [0.1, 0.15) is 36.0 Å². The first kappa shape index (κ1) is 20.3. The standard InChI is InChI=1S/C22H26N2O3S/c25-21(11-6-16-27-18-7-2-1-3-8-18)23-17-12-14-24(15-13-17)22(26)19-9-4-5-10-20(19)28/h1-5,7-10,17,28H,6,11-16H2,(H,23,25). The van der Waals surface area contributed by atoms with Crippen molar-refractivity contribution < 1.29 is 14.3 Å². The Morgan fingerprint density at radius 2 is 1.71 bits per heavy atom. The van der Waals surface area contributed by atoms with Gasteiger partial charge in [0.15, 0.2) is 0 Å². The van der Waals surface area contributed by atoms with Crippen molar-refractivity contribution in [2.45, 2.75) is 36.6 Å². The zero-order valence-electron chi connectivity index (χ0n) is 15.8. The number of thiol groups is 1. The maximum atomic E-state index is 12.6. The molecule has 1 aliphatic rings. The Bertz CT molecular complexity index is 789. The summed E-state index contributed by atoms with van der Waals surface area (Å²) in [6.45, 7) is 1.81. The Balaban J connectivity index is 1.35. The third kappa shape index (κ3) is 5.76. The predicted molar refractivity (Wildman–Crippen MR) is 112 cm³/mol. The van der Waals surface area contributed by atoms with Crippen molar-refractivity contribution in [3.8, 4) is 5.75 Å². The first-order chi connectivity index (χ1) is 13.6. The molecule has 6 heteroatoms. The van der Waals surface area contributed by atoms with Crippen LogP contribution in [-0.4, -0.2) is 42.5 Å². The van der Waals surface area contributed by atoms with E-state index in [-0.39, 0.29) is 17.9 Å². The van der Waals surface area contributed by atoms with E-state index in [1.165, 1.54) is 0 Å². The molecule has 2 aromatic rings. The van der Waals surface area contributed by atoms with Crippen LogP contribution in [0, 0.1) is 0 Å². The molecular weight excluding hydrogens is 372 g/mol. The number of rotatable bonds is 7. The lowest BCUT2D eigenvalue weighted by Crippen LogP contribution is -2.46. The molecule has 0 spiro atoms.